The standard InChI is InChI=1S/C22H21ClN6O5S/c1-27(11-14-2-4-15(23)5-3-14)21-19-20(25-13-26-21)24-10-17-12-34-22(19)28(17)35(32,33)18-8-6-16(7-9-18)29(30)31/h2-9,13,17,22H,10-12H2,1H3,(H,24,25,26)/t17-,22-/m0/s1. The van der Waals surface area contributed by atoms with Gasteiger partial charge in [-0.3, -0.25) is 10.1 Å². The number of ether oxygens (including phenoxy) is 1. The minimum atomic E-state index is -4.06. The number of nitrogens with zero attached hydrogens (tertiary/aromatic N) is 5. The van der Waals surface area contributed by atoms with Crippen LogP contribution in [0.5, 0.6) is 0 Å². The number of nitro benzene ring substituents is 1. The summed E-state index contributed by atoms with van der Waals surface area (Å²) >= 11 is 6.00. The molecule has 0 radical (unpaired) electrons. The van der Waals surface area contributed by atoms with Gasteiger partial charge in [0.25, 0.3) is 5.69 Å². The summed E-state index contributed by atoms with van der Waals surface area (Å²) in [4.78, 5) is 21.1. The van der Waals surface area contributed by atoms with Crippen molar-refractivity contribution in [3.05, 3.63) is 81.1 Å². The van der Waals surface area contributed by atoms with Gasteiger partial charge in [0, 0.05) is 37.3 Å². The smallest absolute Gasteiger partial charge is 0.269 e. The van der Waals surface area contributed by atoms with E-state index in [-0.39, 0.29) is 23.7 Å². The van der Waals surface area contributed by atoms with E-state index in [1.807, 2.05) is 24.1 Å². The maximum Gasteiger partial charge on any atom is 0.269 e. The van der Waals surface area contributed by atoms with E-state index >= 15 is 0 Å². The van der Waals surface area contributed by atoms with Gasteiger partial charge in [-0.05, 0) is 29.8 Å². The number of aromatic nitrogens is 2. The van der Waals surface area contributed by atoms with Gasteiger partial charge in [0.15, 0.2) is 6.23 Å². The first-order valence-electron chi connectivity index (χ1n) is 10.7. The van der Waals surface area contributed by atoms with Crippen LogP contribution in [0.1, 0.15) is 17.4 Å². The lowest BCUT2D eigenvalue weighted by atomic mass is 10.2. The number of fused-ring (bicyclic) bond motifs is 4. The zero-order valence-electron chi connectivity index (χ0n) is 18.5. The quantitative estimate of drug-likeness (QED) is 0.387. The summed E-state index contributed by atoms with van der Waals surface area (Å²) in [5.41, 5.74) is 1.31. The van der Waals surface area contributed by atoms with Crippen molar-refractivity contribution in [1.82, 2.24) is 14.3 Å². The molecular weight excluding hydrogens is 496 g/mol. The molecular formula is C22H21ClN6O5S. The average molecular weight is 517 g/mol. The fourth-order valence-electron chi connectivity index (χ4n) is 4.30. The molecule has 3 aromatic rings. The zero-order chi connectivity index (χ0) is 24.7. The summed E-state index contributed by atoms with van der Waals surface area (Å²) in [6.45, 7) is 0.956. The van der Waals surface area contributed by atoms with Crippen LogP contribution in [-0.2, 0) is 21.3 Å². The molecule has 2 bridgehead atoms. The van der Waals surface area contributed by atoms with Crippen molar-refractivity contribution in [3.63, 3.8) is 0 Å². The van der Waals surface area contributed by atoms with Crippen LogP contribution in [0.25, 0.3) is 0 Å². The average Bonchev–Trinajstić information content (AvgIpc) is 3.20. The van der Waals surface area contributed by atoms with Crippen LogP contribution in [0, 0.1) is 10.1 Å². The van der Waals surface area contributed by atoms with Gasteiger partial charge in [-0.2, -0.15) is 4.31 Å². The zero-order valence-corrected chi connectivity index (χ0v) is 20.1. The number of anilines is 2. The molecule has 182 valence electrons. The molecule has 1 fully saturated rings. The molecule has 2 aromatic carbocycles. The lowest BCUT2D eigenvalue weighted by Crippen LogP contribution is -2.40. The maximum absolute atomic E-state index is 13.7. The van der Waals surface area contributed by atoms with Crippen LogP contribution in [0.3, 0.4) is 0 Å². The Kier molecular flexibility index (Phi) is 6.05. The molecule has 1 aromatic heterocycles. The van der Waals surface area contributed by atoms with Gasteiger partial charge in [0.1, 0.15) is 18.0 Å². The van der Waals surface area contributed by atoms with Gasteiger partial charge in [0.05, 0.1) is 28.0 Å². The van der Waals surface area contributed by atoms with E-state index in [0.717, 1.165) is 5.56 Å². The largest absolute Gasteiger partial charge is 0.368 e. The predicted octanol–water partition coefficient (Wildman–Crippen LogP) is 3.19. The molecule has 3 heterocycles. The summed E-state index contributed by atoms with van der Waals surface area (Å²) in [5.74, 6) is 1.02. The molecule has 1 saturated heterocycles. The third-order valence-electron chi connectivity index (χ3n) is 5.97. The van der Waals surface area contributed by atoms with Crippen molar-refractivity contribution in [2.75, 3.05) is 30.4 Å². The second kappa shape index (κ2) is 9.04. The van der Waals surface area contributed by atoms with Crippen molar-refractivity contribution >= 4 is 38.9 Å². The molecule has 1 N–H and O–H groups in total. The Morgan fingerprint density at radius 1 is 1.20 bits per heavy atom. The van der Waals surface area contributed by atoms with E-state index in [1.165, 1.54) is 34.9 Å². The normalized spacial score (nSPS) is 19.5. The maximum atomic E-state index is 13.7. The Labute approximate surface area is 206 Å². The lowest BCUT2D eigenvalue weighted by molar-refractivity contribution is -0.384. The fraction of sp³-hybridized carbons (Fsp3) is 0.273. The highest BCUT2D eigenvalue weighted by atomic mass is 35.5. The number of sulfonamides is 1. The van der Waals surface area contributed by atoms with Crippen LogP contribution < -0.4 is 10.2 Å². The molecule has 0 saturated carbocycles. The number of hydrogen-bond donors (Lipinski definition) is 1. The monoisotopic (exact) mass is 516 g/mol. The Bertz CT molecular complexity index is 1370. The van der Waals surface area contributed by atoms with Crippen LogP contribution in [0.2, 0.25) is 5.02 Å². The summed E-state index contributed by atoms with van der Waals surface area (Å²) in [6, 6.07) is 11.7. The van der Waals surface area contributed by atoms with Crippen LogP contribution >= 0.6 is 11.6 Å². The van der Waals surface area contributed by atoms with Gasteiger partial charge >= 0.3 is 0 Å². The van der Waals surface area contributed by atoms with E-state index in [4.69, 9.17) is 16.3 Å². The van der Waals surface area contributed by atoms with Gasteiger partial charge in [-0.1, -0.05) is 23.7 Å². The van der Waals surface area contributed by atoms with Crippen molar-refractivity contribution < 1.29 is 18.1 Å². The van der Waals surface area contributed by atoms with Crippen molar-refractivity contribution in [1.29, 1.82) is 0 Å². The first-order valence-corrected chi connectivity index (χ1v) is 12.5. The highest BCUT2D eigenvalue weighted by Crippen LogP contribution is 2.44. The molecule has 0 aliphatic carbocycles. The molecule has 2 atom stereocenters. The topological polar surface area (TPSA) is 131 Å². The van der Waals surface area contributed by atoms with Gasteiger partial charge < -0.3 is 15.0 Å². The Balaban J connectivity index is 1.53. The molecule has 0 amide bonds. The molecule has 0 unspecified atom stereocenters. The van der Waals surface area contributed by atoms with Crippen molar-refractivity contribution in [2.45, 2.75) is 23.7 Å². The first kappa shape index (κ1) is 23.4. The summed E-state index contributed by atoms with van der Waals surface area (Å²) in [5, 5.41) is 14.9. The molecule has 2 aliphatic heterocycles. The SMILES string of the molecule is CN(Cc1ccc(Cl)cc1)c1ncnc2c1[C@@H]1OC[C@H](CN2)N1S(=O)(=O)c1ccc([N+](=O)[O-])cc1. The number of nitro groups is 1. The van der Waals surface area contributed by atoms with Crippen LogP contribution in [0.15, 0.2) is 59.8 Å². The summed E-state index contributed by atoms with van der Waals surface area (Å²) < 4.78 is 34.7. The number of benzene rings is 2. The highest BCUT2D eigenvalue weighted by molar-refractivity contribution is 7.89. The minimum absolute atomic E-state index is 0.0556. The van der Waals surface area contributed by atoms with Gasteiger partial charge in [-0.15, -0.1) is 0 Å². The Morgan fingerprint density at radius 3 is 2.60 bits per heavy atom. The van der Waals surface area contributed by atoms with Crippen LogP contribution in [0.4, 0.5) is 17.3 Å². The Hall–Kier alpha value is -3.32. The summed E-state index contributed by atoms with van der Waals surface area (Å²) in [6.07, 6.45) is 0.460. The van der Waals surface area contributed by atoms with Crippen LogP contribution in [-0.4, -0.2) is 53.9 Å². The van der Waals surface area contributed by atoms with E-state index in [2.05, 4.69) is 15.3 Å². The third-order valence-corrected chi connectivity index (χ3v) is 8.13. The number of nitrogens with one attached hydrogen (secondary N) is 1. The number of non-ortho nitro benzene ring substituents is 1. The van der Waals surface area contributed by atoms with E-state index < -0.39 is 27.2 Å². The summed E-state index contributed by atoms with van der Waals surface area (Å²) in [7, 11) is -2.20. The van der Waals surface area contributed by atoms with Crippen molar-refractivity contribution in [3.8, 4) is 0 Å². The second-order valence-electron chi connectivity index (χ2n) is 8.25. The van der Waals surface area contributed by atoms with E-state index in [1.54, 1.807) is 12.1 Å². The number of hydrogen-bond acceptors (Lipinski definition) is 9. The van der Waals surface area contributed by atoms with Crippen molar-refractivity contribution in [2.24, 2.45) is 0 Å². The molecule has 0 spiro atoms. The molecule has 5 rings (SSSR count). The predicted molar refractivity (Wildman–Crippen MR) is 129 cm³/mol. The minimum Gasteiger partial charge on any atom is -0.368 e. The number of halogens is 1. The molecule has 11 nitrogen and oxygen atoms in total. The first-order chi connectivity index (χ1) is 16.8. The Morgan fingerprint density at radius 2 is 1.91 bits per heavy atom. The lowest BCUT2D eigenvalue weighted by Gasteiger charge is -2.28. The van der Waals surface area contributed by atoms with E-state index in [9.17, 15) is 18.5 Å². The van der Waals surface area contributed by atoms with E-state index in [0.29, 0.717) is 28.8 Å². The molecule has 35 heavy (non-hydrogen) atoms. The molecule has 13 heteroatoms. The number of rotatable bonds is 6. The third kappa shape index (κ3) is 4.29. The molecule has 2 aliphatic rings. The van der Waals surface area contributed by atoms with Gasteiger partial charge in [0.2, 0.25) is 10.0 Å². The fourth-order valence-corrected chi connectivity index (χ4v) is 6.09. The van der Waals surface area contributed by atoms with Gasteiger partial charge in [-0.25, -0.2) is 18.4 Å². The second-order valence-corrected chi connectivity index (χ2v) is 10.5. The highest BCUT2D eigenvalue weighted by Gasteiger charge is 2.48.